The normalized spacial score (nSPS) is 11.3. The highest BCUT2D eigenvalue weighted by Gasteiger charge is 2.24. The number of halogens is 2. The van der Waals surface area contributed by atoms with E-state index in [1.807, 2.05) is 20.8 Å². The number of amides is 2. The average molecular weight is 570 g/mol. The molecule has 0 saturated carbocycles. The third kappa shape index (κ3) is 7.71. The molecule has 0 bridgehead atoms. The molecule has 0 aliphatic rings. The Morgan fingerprint density at radius 2 is 1.84 bits per heavy atom. The summed E-state index contributed by atoms with van der Waals surface area (Å²) in [7, 11) is 3.26. The highest BCUT2D eigenvalue weighted by Crippen LogP contribution is 2.33. The minimum absolute atomic E-state index is 0.0283. The van der Waals surface area contributed by atoms with E-state index < -0.39 is 11.2 Å². The van der Waals surface area contributed by atoms with Gasteiger partial charge in [-0.2, -0.15) is 4.68 Å². The molecule has 0 aliphatic heterocycles. The first-order valence-corrected chi connectivity index (χ1v) is 12.6. The Morgan fingerprint density at radius 3 is 2.32 bits per heavy atom. The molecule has 2 aromatic heterocycles. The van der Waals surface area contributed by atoms with Crippen LogP contribution in [0.5, 0.6) is 5.75 Å². The molecule has 0 spiro atoms. The van der Waals surface area contributed by atoms with Gasteiger partial charge >= 0.3 is 11.8 Å². The van der Waals surface area contributed by atoms with Gasteiger partial charge in [0, 0.05) is 31.0 Å². The van der Waals surface area contributed by atoms with Crippen LogP contribution in [0.2, 0.25) is 10.0 Å². The number of aromatic nitrogens is 4. The van der Waals surface area contributed by atoms with Crippen LogP contribution in [0.4, 0.5) is 9.93 Å². The van der Waals surface area contributed by atoms with Gasteiger partial charge in [-0.25, -0.2) is 9.59 Å². The first kappa shape index (κ1) is 30.2. The van der Waals surface area contributed by atoms with Crippen molar-refractivity contribution in [1.82, 2.24) is 25.3 Å². The number of hydrogen-bond acceptors (Lipinski definition) is 8. The van der Waals surface area contributed by atoms with E-state index in [0.717, 1.165) is 9.69 Å². The fraction of sp³-hybridized carbons (Fsp3) is 0.458. The molecule has 0 radical (unpaired) electrons. The van der Waals surface area contributed by atoms with Gasteiger partial charge in [0.05, 0.1) is 15.7 Å². The van der Waals surface area contributed by atoms with Gasteiger partial charge < -0.3 is 14.5 Å². The summed E-state index contributed by atoms with van der Waals surface area (Å²) in [5.41, 5.74) is -0.131. The zero-order valence-corrected chi connectivity index (χ0v) is 24.3. The summed E-state index contributed by atoms with van der Waals surface area (Å²) >= 11 is 13.6. The number of urea groups is 1. The molecule has 0 atom stereocenters. The lowest BCUT2D eigenvalue weighted by molar-refractivity contribution is 0.249. The van der Waals surface area contributed by atoms with Crippen LogP contribution in [0.3, 0.4) is 0 Å². The van der Waals surface area contributed by atoms with E-state index in [9.17, 15) is 9.59 Å². The number of anilines is 1. The van der Waals surface area contributed by atoms with Crippen molar-refractivity contribution in [2.24, 2.45) is 0 Å². The summed E-state index contributed by atoms with van der Waals surface area (Å²) in [5, 5.41) is 16.8. The number of nitrogens with zero attached hydrogens (tertiary/aromatic N) is 5. The van der Waals surface area contributed by atoms with Gasteiger partial charge in [0.25, 0.3) is 0 Å². The number of hydrogen-bond donors (Lipinski definition) is 1. The highest BCUT2D eigenvalue weighted by atomic mass is 35.5. The van der Waals surface area contributed by atoms with Crippen molar-refractivity contribution in [3.8, 4) is 23.8 Å². The maximum absolute atomic E-state index is 12.0. The summed E-state index contributed by atoms with van der Waals surface area (Å²) in [6.45, 7) is 11.9. The topological polar surface area (TPSA) is 115 Å². The van der Waals surface area contributed by atoms with Crippen molar-refractivity contribution < 1.29 is 13.9 Å². The molecule has 37 heavy (non-hydrogen) atoms. The molecule has 2 heterocycles. The second kappa shape index (κ2) is 12.0. The Labute approximate surface area is 229 Å². The largest absolute Gasteiger partial charge is 0.479 e. The van der Waals surface area contributed by atoms with E-state index in [0.29, 0.717) is 22.5 Å². The van der Waals surface area contributed by atoms with Gasteiger partial charge in [-0.1, -0.05) is 82.0 Å². The van der Waals surface area contributed by atoms with E-state index in [1.54, 1.807) is 14.1 Å². The molecular weight excluding hydrogens is 539 g/mol. The molecule has 0 saturated heterocycles. The molecule has 2 amide bonds. The predicted octanol–water partition coefficient (Wildman–Crippen LogP) is 5.05. The van der Waals surface area contributed by atoms with Crippen LogP contribution in [0.1, 0.15) is 52.4 Å². The van der Waals surface area contributed by atoms with E-state index in [-0.39, 0.29) is 28.1 Å². The second-order valence-electron chi connectivity index (χ2n) is 9.82. The zero-order valence-electron chi connectivity index (χ0n) is 22.0. The van der Waals surface area contributed by atoms with Crippen LogP contribution < -0.4 is 20.7 Å². The van der Waals surface area contributed by atoms with Crippen LogP contribution in [-0.4, -0.2) is 46.7 Å². The van der Waals surface area contributed by atoms with Crippen molar-refractivity contribution in [2.45, 2.75) is 52.4 Å². The minimum Gasteiger partial charge on any atom is -0.479 e. The second-order valence-corrected chi connectivity index (χ2v) is 11.6. The molecule has 3 rings (SSSR count). The summed E-state index contributed by atoms with van der Waals surface area (Å²) in [6, 6.07) is 2.77. The first-order valence-electron chi connectivity index (χ1n) is 11.1. The third-order valence-electron chi connectivity index (χ3n) is 4.59. The van der Waals surface area contributed by atoms with Gasteiger partial charge in [-0.05, 0) is 6.07 Å². The predicted molar refractivity (Wildman–Crippen MR) is 147 cm³/mol. The highest BCUT2D eigenvalue weighted by molar-refractivity contribution is 7.15. The number of benzene rings is 1. The molecular formula is C24H30Cl2N6O4S. The molecule has 3 aromatic rings. The summed E-state index contributed by atoms with van der Waals surface area (Å²) < 4.78 is 11.6. The first-order chi connectivity index (χ1) is 17.1. The molecule has 10 nitrogen and oxygen atoms in total. The minimum atomic E-state index is -0.642. The summed E-state index contributed by atoms with van der Waals surface area (Å²) in [6.07, 6.45) is 5.15. The lowest BCUT2D eigenvalue weighted by Crippen LogP contribution is -2.34. The smallest absolute Gasteiger partial charge is 0.442 e. The van der Waals surface area contributed by atoms with Crippen molar-refractivity contribution in [2.75, 3.05) is 25.6 Å². The maximum atomic E-state index is 12.0. The number of carbonyl (C=O) groups is 1. The molecule has 0 aliphatic carbocycles. The van der Waals surface area contributed by atoms with Crippen LogP contribution in [0, 0.1) is 12.3 Å². The molecule has 1 aromatic carbocycles. The molecule has 1 N–H and O–H groups in total. The van der Waals surface area contributed by atoms with E-state index >= 15 is 0 Å². The van der Waals surface area contributed by atoms with Crippen molar-refractivity contribution in [3.63, 3.8) is 0 Å². The molecule has 13 heteroatoms. The van der Waals surface area contributed by atoms with Crippen LogP contribution in [-0.2, 0) is 10.8 Å². The Kier molecular flexibility index (Phi) is 9.77. The monoisotopic (exact) mass is 568 g/mol. The summed E-state index contributed by atoms with van der Waals surface area (Å²) in [5.74, 6) is 2.31. The Morgan fingerprint density at radius 1 is 1.19 bits per heavy atom. The van der Waals surface area contributed by atoms with Crippen molar-refractivity contribution in [1.29, 1.82) is 0 Å². The molecule has 200 valence electrons. The Bertz CT molecular complexity index is 1340. The summed E-state index contributed by atoms with van der Waals surface area (Å²) in [4.78, 5) is 24.8. The fourth-order valence-electron chi connectivity index (χ4n) is 2.55. The maximum Gasteiger partial charge on any atom is 0.442 e. The van der Waals surface area contributed by atoms with Gasteiger partial charge in [0.2, 0.25) is 11.0 Å². The van der Waals surface area contributed by atoms with Gasteiger partial charge in [0.15, 0.2) is 0 Å². The van der Waals surface area contributed by atoms with Crippen LogP contribution in [0.15, 0.2) is 21.3 Å². The van der Waals surface area contributed by atoms with Crippen LogP contribution in [0.25, 0.3) is 5.69 Å². The van der Waals surface area contributed by atoms with Crippen LogP contribution >= 0.6 is 34.5 Å². The number of nitrogens with one attached hydrogen (secondary N) is 1. The zero-order chi connectivity index (χ0) is 28.1. The number of ether oxygens (including phenoxy) is 1. The van der Waals surface area contributed by atoms with Gasteiger partial charge in [0.1, 0.15) is 17.4 Å². The van der Waals surface area contributed by atoms with Gasteiger partial charge in [-0.15, -0.1) is 21.7 Å². The van der Waals surface area contributed by atoms with E-state index in [1.165, 1.54) is 28.4 Å². The molecule has 0 unspecified atom stereocenters. The number of terminal acetylenes is 1. The number of carbonyl (C=O) groups excluding carboxylic acids is 1. The fourth-order valence-corrected chi connectivity index (χ4v) is 3.93. The average Bonchev–Trinajstić information content (AvgIpc) is 3.45. The SMILES string of the molecule is C#CCOc1cc(-n2nc(C(C)(C)C)oc2=O)c(Cl)cc1Cl.CNC(=O)N(C)c1nnc(C(C)(C)C)s1. The lowest BCUT2D eigenvalue weighted by atomic mass is 9.97. The third-order valence-corrected chi connectivity index (χ3v) is 6.61. The Balaban J connectivity index is 0.000000281. The van der Waals surface area contributed by atoms with E-state index in [4.69, 9.17) is 38.8 Å². The molecule has 0 fully saturated rings. The van der Waals surface area contributed by atoms with Gasteiger partial charge in [-0.3, -0.25) is 4.90 Å². The van der Waals surface area contributed by atoms with Crippen molar-refractivity contribution >= 4 is 45.7 Å². The quantitative estimate of drug-likeness (QED) is 0.437. The Hall–Kier alpha value is -3.07. The number of rotatable bonds is 4. The van der Waals surface area contributed by atoms with E-state index in [2.05, 4.69) is 47.3 Å². The lowest BCUT2D eigenvalue weighted by Gasteiger charge is -2.13. The van der Waals surface area contributed by atoms with Crippen molar-refractivity contribution in [3.05, 3.63) is 43.6 Å². The standard InChI is InChI=1S/C15H14Cl2N2O3.C9H16N4OS/c1-5-6-21-12-8-11(9(16)7-10(12)17)19-14(20)22-13(18-19)15(2,3)4;1-9(2,3)6-11-12-8(15-6)13(5)7(14)10-4/h1,7-8H,6H2,2-4H3;1-5H3,(H,10,14).